The smallest absolute Gasteiger partial charge is 0.210 e. The van der Waals surface area contributed by atoms with Crippen LogP contribution in [0.1, 0.15) is 32.0 Å². The zero-order valence-corrected chi connectivity index (χ0v) is 13.2. The molecule has 2 N–H and O–H groups in total. The van der Waals surface area contributed by atoms with Gasteiger partial charge < -0.3 is 24.8 Å². The fourth-order valence-electron chi connectivity index (χ4n) is 2.85. The second-order valence-electron chi connectivity index (χ2n) is 5.38. The standard InChI is InChI=1S/C18H16N2O4/c1-10-15(20-8-4-3-5-14(20)17(10)24-2)16(21)11-6-7-13(19)12(9-11)18(22)23/h3-9H,19H2,1-2H3,(H,22,23)/p-1. The molecule has 122 valence electrons. The fraction of sp³-hybridized carbons (Fsp3) is 0.111. The number of hydrogen-bond donors (Lipinski definition) is 1. The van der Waals surface area contributed by atoms with Crippen LogP contribution in [-0.2, 0) is 0 Å². The minimum absolute atomic E-state index is 0.0564. The number of carboxylic acid groups (broad SMARTS) is 1. The molecule has 0 aliphatic rings. The Labute approximate surface area is 138 Å². The highest BCUT2D eigenvalue weighted by molar-refractivity contribution is 6.11. The lowest BCUT2D eigenvalue weighted by atomic mass is 10.0. The number of benzene rings is 1. The third kappa shape index (κ3) is 2.28. The number of methoxy groups -OCH3 is 1. The number of anilines is 1. The molecule has 0 unspecified atom stereocenters. The molecule has 0 saturated carbocycles. The Hall–Kier alpha value is -3.28. The summed E-state index contributed by atoms with van der Waals surface area (Å²) in [5.41, 5.74) is 7.55. The molecule has 6 heteroatoms. The van der Waals surface area contributed by atoms with Crippen molar-refractivity contribution >= 4 is 23.0 Å². The van der Waals surface area contributed by atoms with Gasteiger partial charge in [0, 0.05) is 28.6 Å². The van der Waals surface area contributed by atoms with E-state index in [0.717, 1.165) is 5.52 Å². The second kappa shape index (κ2) is 5.73. The number of carboxylic acids is 1. The lowest BCUT2D eigenvalue weighted by molar-refractivity contribution is -0.254. The Morgan fingerprint density at radius 2 is 1.96 bits per heavy atom. The van der Waals surface area contributed by atoms with Crippen molar-refractivity contribution in [2.45, 2.75) is 6.92 Å². The number of ketones is 1. The Morgan fingerprint density at radius 3 is 2.62 bits per heavy atom. The van der Waals surface area contributed by atoms with Crippen LogP contribution in [0.4, 0.5) is 5.69 Å². The van der Waals surface area contributed by atoms with Gasteiger partial charge in [-0.3, -0.25) is 4.79 Å². The van der Waals surface area contributed by atoms with Gasteiger partial charge in [-0.1, -0.05) is 6.07 Å². The summed E-state index contributed by atoms with van der Waals surface area (Å²) < 4.78 is 7.14. The van der Waals surface area contributed by atoms with Crippen molar-refractivity contribution in [3.8, 4) is 5.75 Å². The summed E-state index contributed by atoms with van der Waals surface area (Å²) in [6.45, 7) is 1.79. The molecule has 3 aromatic rings. The lowest BCUT2D eigenvalue weighted by Crippen LogP contribution is -2.24. The Kier molecular flexibility index (Phi) is 3.73. The van der Waals surface area contributed by atoms with Crippen molar-refractivity contribution in [1.82, 2.24) is 4.40 Å². The van der Waals surface area contributed by atoms with Gasteiger partial charge in [0.05, 0.1) is 18.6 Å². The summed E-state index contributed by atoms with van der Waals surface area (Å²) in [7, 11) is 1.54. The van der Waals surface area contributed by atoms with Gasteiger partial charge in [0.15, 0.2) is 0 Å². The van der Waals surface area contributed by atoms with E-state index in [4.69, 9.17) is 10.5 Å². The first-order chi connectivity index (χ1) is 11.5. The Morgan fingerprint density at radius 1 is 1.21 bits per heavy atom. The Bertz CT molecular complexity index is 973. The van der Waals surface area contributed by atoms with E-state index in [9.17, 15) is 14.7 Å². The first-order valence-electron chi connectivity index (χ1n) is 7.25. The molecule has 0 fully saturated rings. The maximum atomic E-state index is 13.0. The van der Waals surface area contributed by atoms with E-state index in [1.54, 1.807) is 30.7 Å². The van der Waals surface area contributed by atoms with Crippen LogP contribution >= 0.6 is 0 Å². The molecule has 0 bridgehead atoms. The molecule has 2 aromatic heterocycles. The van der Waals surface area contributed by atoms with Crippen LogP contribution in [0.15, 0.2) is 42.6 Å². The number of carbonyl (C=O) groups is 2. The molecular weight excluding hydrogens is 308 g/mol. The van der Waals surface area contributed by atoms with E-state index in [-0.39, 0.29) is 22.6 Å². The molecule has 0 atom stereocenters. The van der Waals surface area contributed by atoms with Crippen molar-refractivity contribution < 1.29 is 19.4 Å². The van der Waals surface area contributed by atoms with Crippen molar-refractivity contribution in [2.24, 2.45) is 0 Å². The van der Waals surface area contributed by atoms with Gasteiger partial charge in [0.25, 0.3) is 0 Å². The summed E-state index contributed by atoms with van der Waals surface area (Å²) in [6, 6.07) is 9.62. The predicted octanol–water partition coefficient (Wildman–Crippen LogP) is 1.43. The van der Waals surface area contributed by atoms with Gasteiger partial charge >= 0.3 is 0 Å². The summed E-state index contributed by atoms with van der Waals surface area (Å²) in [4.78, 5) is 24.1. The molecule has 0 aliphatic heterocycles. The molecule has 24 heavy (non-hydrogen) atoms. The largest absolute Gasteiger partial charge is 0.545 e. The first kappa shape index (κ1) is 15.6. The van der Waals surface area contributed by atoms with E-state index in [2.05, 4.69) is 0 Å². The quantitative estimate of drug-likeness (QED) is 0.579. The fourth-order valence-corrected chi connectivity index (χ4v) is 2.85. The van der Waals surface area contributed by atoms with E-state index < -0.39 is 5.97 Å². The second-order valence-corrected chi connectivity index (χ2v) is 5.38. The maximum Gasteiger partial charge on any atom is 0.210 e. The highest BCUT2D eigenvalue weighted by Crippen LogP contribution is 2.32. The number of nitrogens with two attached hydrogens (primary N) is 1. The molecule has 3 rings (SSSR count). The number of nitrogens with zero attached hydrogens (tertiary/aromatic N) is 1. The number of nitrogen functional groups attached to an aromatic ring is 1. The number of pyridine rings is 1. The van der Waals surface area contributed by atoms with Gasteiger partial charge in [0.1, 0.15) is 11.4 Å². The Balaban J connectivity index is 2.22. The SMILES string of the molecule is COc1c(C)c(C(=O)c2ccc(N)c(C(=O)[O-])c2)n2ccccc12. The highest BCUT2D eigenvalue weighted by Gasteiger charge is 2.22. The van der Waals surface area contributed by atoms with Crippen LogP contribution in [0.25, 0.3) is 5.52 Å². The number of hydrogen-bond acceptors (Lipinski definition) is 5. The highest BCUT2D eigenvalue weighted by atomic mass is 16.5. The number of rotatable bonds is 4. The molecule has 2 heterocycles. The first-order valence-corrected chi connectivity index (χ1v) is 7.25. The van der Waals surface area contributed by atoms with Crippen molar-refractivity contribution in [2.75, 3.05) is 12.8 Å². The molecule has 1 aromatic carbocycles. The molecule has 0 aliphatic carbocycles. The van der Waals surface area contributed by atoms with Crippen LogP contribution in [-0.4, -0.2) is 23.3 Å². The third-order valence-corrected chi connectivity index (χ3v) is 3.98. The molecule has 6 nitrogen and oxygen atoms in total. The average molecular weight is 323 g/mol. The summed E-state index contributed by atoms with van der Waals surface area (Å²) in [5, 5.41) is 11.1. The van der Waals surface area contributed by atoms with E-state index in [1.165, 1.54) is 18.2 Å². The van der Waals surface area contributed by atoms with Crippen molar-refractivity contribution in [1.29, 1.82) is 0 Å². The minimum atomic E-state index is -1.42. The van der Waals surface area contributed by atoms with Gasteiger partial charge in [-0.2, -0.15) is 0 Å². The zero-order chi connectivity index (χ0) is 17.4. The zero-order valence-electron chi connectivity index (χ0n) is 13.2. The van der Waals surface area contributed by atoms with Crippen LogP contribution in [0.5, 0.6) is 5.75 Å². The molecule has 0 radical (unpaired) electrons. The number of carbonyl (C=O) groups excluding carboxylic acids is 2. The average Bonchev–Trinajstić information content (AvgIpc) is 2.85. The molecule has 0 saturated heterocycles. The van der Waals surface area contributed by atoms with Gasteiger partial charge in [0.2, 0.25) is 5.78 Å². The molecule has 0 spiro atoms. The number of ether oxygens (including phenoxy) is 1. The van der Waals surface area contributed by atoms with Crippen LogP contribution in [0.2, 0.25) is 0 Å². The number of aromatic carboxylic acids is 1. The van der Waals surface area contributed by atoms with Gasteiger partial charge in [-0.05, 0) is 37.3 Å². The molecular formula is C18H15N2O4-. The van der Waals surface area contributed by atoms with Crippen molar-refractivity contribution in [3.05, 3.63) is 65.0 Å². The number of aromatic nitrogens is 1. The van der Waals surface area contributed by atoms with E-state index in [0.29, 0.717) is 17.0 Å². The van der Waals surface area contributed by atoms with Crippen LogP contribution in [0.3, 0.4) is 0 Å². The molecule has 0 amide bonds. The lowest BCUT2D eigenvalue weighted by Gasteiger charge is -2.09. The third-order valence-electron chi connectivity index (χ3n) is 3.98. The van der Waals surface area contributed by atoms with Crippen molar-refractivity contribution in [3.63, 3.8) is 0 Å². The van der Waals surface area contributed by atoms with E-state index in [1.807, 2.05) is 12.1 Å². The minimum Gasteiger partial charge on any atom is -0.545 e. The predicted molar refractivity (Wildman–Crippen MR) is 87.3 cm³/mol. The summed E-state index contributed by atoms with van der Waals surface area (Å²) >= 11 is 0. The normalized spacial score (nSPS) is 10.8. The van der Waals surface area contributed by atoms with Gasteiger partial charge in [-0.15, -0.1) is 0 Å². The summed E-state index contributed by atoms with van der Waals surface area (Å²) in [5.74, 6) is -1.13. The topological polar surface area (TPSA) is 96.9 Å². The van der Waals surface area contributed by atoms with Crippen LogP contribution < -0.4 is 15.6 Å². The number of fused-ring (bicyclic) bond motifs is 1. The summed E-state index contributed by atoms with van der Waals surface area (Å²) in [6.07, 6.45) is 1.76. The monoisotopic (exact) mass is 323 g/mol. The maximum absolute atomic E-state index is 13.0. The van der Waals surface area contributed by atoms with Gasteiger partial charge in [-0.25, -0.2) is 0 Å². The van der Waals surface area contributed by atoms with E-state index >= 15 is 0 Å². The van der Waals surface area contributed by atoms with Crippen LogP contribution in [0, 0.1) is 6.92 Å².